The zero-order valence-electron chi connectivity index (χ0n) is 9.99. The van der Waals surface area contributed by atoms with Crippen molar-refractivity contribution in [1.82, 2.24) is 5.32 Å². The van der Waals surface area contributed by atoms with Gasteiger partial charge in [-0.25, -0.2) is 4.39 Å². The highest BCUT2D eigenvalue weighted by molar-refractivity contribution is 7.98. The molecule has 0 spiro atoms. The van der Waals surface area contributed by atoms with E-state index in [-0.39, 0.29) is 5.82 Å². The van der Waals surface area contributed by atoms with Crippen molar-refractivity contribution in [3.05, 3.63) is 34.6 Å². The lowest BCUT2D eigenvalue weighted by molar-refractivity contribution is 0.617. The van der Waals surface area contributed by atoms with E-state index < -0.39 is 0 Å². The maximum atomic E-state index is 13.4. The van der Waals surface area contributed by atoms with Crippen molar-refractivity contribution in [2.24, 2.45) is 0 Å². The van der Waals surface area contributed by atoms with E-state index in [1.807, 2.05) is 0 Å². The van der Waals surface area contributed by atoms with Gasteiger partial charge in [0, 0.05) is 34.4 Å². The fraction of sp³-hybridized carbons (Fsp3) is 0.500. The summed E-state index contributed by atoms with van der Waals surface area (Å²) in [5.41, 5.74) is 0.584. The summed E-state index contributed by atoms with van der Waals surface area (Å²) in [6.07, 6.45) is 0.949. The van der Waals surface area contributed by atoms with Gasteiger partial charge in [-0.3, -0.25) is 0 Å². The van der Waals surface area contributed by atoms with Crippen LogP contribution < -0.4 is 5.32 Å². The van der Waals surface area contributed by atoms with E-state index in [2.05, 4.69) is 5.32 Å². The van der Waals surface area contributed by atoms with E-state index in [0.717, 1.165) is 43.1 Å². The van der Waals surface area contributed by atoms with Crippen LogP contribution in [0, 0.1) is 5.82 Å². The minimum absolute atomic E-state index is 0.233. The number of rotatable bonds is 9. The summed E-state index contributed by atoms with van der Waals surface area (Å²) in [4.78, 5) is 0. The highest BCUT2D eigenvalue weighted by atomic mass is 35.5. The first kappa shape index (κ1) is 16.1. The van der Waals surface area contributed by atoms with Crippen molar-refractivity contribution in [3.8, 4) is 0 Å². The first-order valence-electron chi connectivity index (χ1n) is 5.73. The van der Waals surface area contributed by atoms with Crippen molar-refractivity contribution >= 4 is 35.4 Å². The number of nitrogens with one attached hydrogen (secondary N) is 1. The fourth-order valence-electron chi connectivity index (χ4n) is 1.38. The van der Waals surface area contributed by atoms with Gasteiger partial charge in [0.1, 0.15) is 5.82 Å². The Kier molecular flexibility index (Phi) is 8.88. The van der Waals surface area contributed by atoms with Crippen LogP contribution in [-0.4, -0.2) is 29.1 Å². The lowest BCUT2D eigenvalue weighted by atomic mass is 10.2. The molecule has 2 nitrogen and oxygen atoms in total. The Hall–Kier alpha value is 0.0600. The summed E-state index contributed by atoms with van der Waals surface area (Å²) in [6.45, 7) is 1.78. The summed E-state index contributed by atoms with van der Waals surface area (Å²) in [7, 11) is 0. The Morgan fingerprint density at radius 3 is 2.83 bits per heavy atom. The van der Waals surface area contributed by atoms with E-state index in [0.29, 0.717) is 16.3 Å². The third-order valence-electron chi connectivity index (χ3n) is 2.32. The topological polar surface area (TPSA) is 32.3 Å². The van der Waals surface area contributed by atoms with Crippen LogP contribution >= 0.6 is 35.4 Å². The lowest BCUT2D eigenvalue weighted by Crippen LogP contribution is -2.18. The predicted octanol–water partition coefficient (Wildman–Crippen LogP) is 3.90. The van der Waals surface area contributed by atoms with E-state index in [4.69, 9.17) is 16.2 Å². The Morgan fingerprint density at radius 2 is 2.11 bits per heavy atom. The highest BCUT2D eigenvalue weighted by Crippen LogP contribution is 2.23. The van der Waals surface area contributed by atoms with Gasteiger partial charge < -0.3 is 9.87 Å². The Labute approximate surface area is 121 Å². The smallest absolute Gasteiger partial charge is 0.128 e. The lowest BCUT2D eigenvalue weighted by Gasteiger charge is -2.06. The monoisotopic (exact) mass is 309 g/mol. The molecule has 0 fully saturated rings. The molecule has 0 aliphatic rings. The Balaban J connectivity index is 2.11. The molecular formula is C12H17ClFNOS2. The van der Waals surface area contributed by atoms with Crippen LogP contribution in [0.3, 0.4) is 0 Å². The molecule has 0 bridgehead atoms. The van der Waals surface area contributed by atoms with Gasteiger partial charge in [-0.15, -0.1) is 0 Å². The van der Waals surface area contributed by atoms with E-state index in [1.54, 1.807) is 23.9 Å². The van der Waals surface area contributed by atoms with E-state index >= 15 is 0 Å². The van der Waals surface area contributed by atoms with Gasteiger partial charge in [-0.1, -0.05) is 17.7 Å². The molecule has 18 heavy (non-hydrogen) atoms. The number of thioether (sulfide) groups is 1. The quantitative estimate of drug-likeness (QED) is 0.535. The predicted molar refractivity (Wildman–Crippen MR) is 80.1 cm³/mol. The van der Waals surface area contributed by atoms with Crippen molar-refractivity contribution in [1.29, 1.82) is 0 Å². The van der Waals surface area contributed by atoms with Gasteiger partial charge in [0.25, 0.3) is 0 Å². The minimum Gasteiger partial charge on any atom is -0.330 e. The molecule has 0 aromatic heterocycles. The summed E-state index contributed by atoms with van der Waals surface area (Å²) >= 11 is 8.46. The molecule has 0 saturated heterocycles. The summed E-state index contributed by atoms with van der Waals surface area (Å²) < 4.78 is 21.9. The number of benzene rings is 1. The molecule has 0 radical (unpaired) electrons. The van der Waals surface area contributed by atoms with Crippen LogP contribution in [0.5, 0.6) is 0 Å². The molecule has 0 heterocycles. The van der Waals surface area contributed by atoms with Crippen LogP contribution in [0.1, 0.15) is 12.0 Å². The largest absolute Gasteiger partial charge is 0.330 e. The normalized spacial score (nSPS) is 10.8. The van der Waals surface area contributed by atoms with E-state index in [1.165, 1.54) is 6.07 Å². The second kappa shape index (κ2) is 9.92. The van der Waals surface area contributed by atoms with Gasteiger partial charge in [0.2, 0.25) is 0 Å². The Bertz CT molecular complexity index is 335. The first-order valence-corrected chi connectivity index (χ1v) is 8.21. The zero-order valence-corrected chi connectivity index (χ0v) is 12.4. The summed E-state index contributed by atoms with van der Waals surface area (Å²) in [5, 5.41) is 3.76. The van der Waals surface area contributed by atoms with Crippen LogP contribution in [0.4, 0.5) is 4.39 Å². The molecule has 1 aromatic carbocycles. The molecule has 6 heteroatoms. The number of halogens is 2. The first-order chi connectivity index (χ1) is 8.75. The molecular weight excluding hydrogens is 293 g/mol. The Morgan fingerprint density at radius 1 is 1.28 bits per heavy atom. The molecule has 1 rings (SSSR count). The molecule has 0 saturated carbocycles. The number of hydrogen-bond donors (Lipinski definition) is 2. The molecule has 102 valence electrons. The van der Waals surface area contributed by atoms with Crippen LogP contribution in [0.15, 0.2) is 18.2 Å². The van der Waals surface area contributed by atoms with Crippen molar-refractivity contribution < 1.29 is 8.94 Å². The van der Waals surface area contributed by atoms with Gasteiger partial charge >= 0.3 is 0 Å². The third-order valence-corrected chi connectivity index (χ3v) is 4.13. The third kappa shape index (κ3) is 6.29. The summed E-state index contributed by atoms with van der Waals surface area (Å²) in [5.74, 6) is 2.03. The van der Waals surface area contributed by atoms with Gasteiger partial charge in [-0.2, -0.15) is 11.8 Å². The van der Waals surface area contributed by atoms with Crippen LogP contribution in [0.2, 0.25) is 5.02 Å². The molecule has 2 N–H and O–H groups in total. The SMILES string of the molecule is OSCCCNCCSCc1c(F)cccc1Cl. The van der Waals surface area contributed by atoms with Gasteiger partial charge in [0.15, 0.2) is 0 Å². The fourth-order valence-corrected chi connectivity index (χ4v) is 2.89. The molecule has 0 aliphatic carbocycles. The van der Waals surface area contributed by atoms with E-state index in [9.17, 15) is 4.39 Å². The van der Waals surface area contributed by atoms with Crippen molar-refractivity contribution in [3.63, 3.8) is 0 Å². The van der Waals surface area contributed by atoms with Crippen molar-refractivity contribution in [2.75, 3.05) is 24.6 Å². The average Bonchev–Trinajstić information content (AvgIpc) is 2.35. The average molecular weight is 310 g/mol. The second-order valence-electron chi connectivity index (χ2n) is 3.69. The molecule has 1 aromatic rings. The van der Waals surface area contributed by atoms with Crippen LogP contribution in [0.25, 0.3) is 0 Å². The van der Waals surface area contributed by atoms with Gasteiger partial charge in [-0.05, 0) is 37.1 Å². The summed E-state index contributed by atoms with van der Waals surface area (Å²) in [6, 6.07) is 4.77. The maximum Gasteiger partial charge on any atom is 0.128 e. The maximum absolute atomic E-state index is 13.4. The van der Waals surface area contributed by atoms with Crippen LogP contribution in [-0.2, 0) is 5.75 Å². The molecule has 0 atom stereocenters. The number of hydrogen-bond acceptors (Lipinski definition) is 4. The highest BCUT2D eigenvalue weighted by Gasteiger charge is 2.06. The standard InChI is InChI=1S/C12H17ClFNOS2/c13-11-3-1-4-12(14)10(11)9-17-8-6-15-5-2-7-18-16/h1,3-4,15-16H,2,5-9H2. The van der Waals surface area contributed by atoms with Crippen molar-refractivity contribution in [2.45, 2.75) is 12.2 Å². The van der Waals surface area contributed by atoms with Gasteiger partial charge in [0.05, 0.1) is 0 Å². The minimum atomic E-state index is -0.233. The second-order valence-corrected chi connectivity index (χ2v) is 5.87. The zero-order chi connectivity index (χ0) is 13.2. The molecule has 0 amide bonds. The molecule has 0 aliphatic heterocycles. The molecule has 0 unspecified atom stereocenters.